The summed E-state index contributed by atoms with van der Waals surface area (Å²) in [6.07, 6.45) is 3.04. The number of carbonyl (C=O) groups is 1. The lowest BCUT2D eigenvalue weighted by atomic mass is 10.2. The highest BCUT2D eigenvalue weighted by Gasteiger charge is 2.31. The maximum atomic E-state index is 12.6. The number of thiophene rings is 1. The maximum Gasteiger partial charge on any atom is 0.237 e. The first-order chi connectivity index (χ1) is 13.6. The van der Waals surface area contributed by atoms with Crippen molar-refractivity contribution in [2.75, 3.05) is 5.32 Å². The molecule has 0 unspecified atom stereocenters. The zero-order valence-corrected chi connectivity index (χ0v) is 17.0. The van der Waals surface area contributed by atoms with Gasteiger partial charge in [0.1, 0.15) is 5.82 Å². The largest absolute Gasteiger partial charge is 0.325 e. The van der Waals surface area contributed by atoms with E-state index in [1.807, 2.05) is 13.0 Å². The Balaban J connectivity index is 1.44. The summed E-state index contributed by atoms with van der Waals surface area (Å²) in [7, 11) is 0. The summed E-state index contributed by atoms with van der Waals surface area (Å²) in [4.78, 5) is 13.8. The Morgan fingerprint density at radius 3 is 2.79 bits per heavy atom. The number of carbonyl (C=O) groups excluding carboxylic acids is 1. The van der Waals surface area contributed by atoms with Gasteiger partial charge in [0.25, 0.3) is 0 Å². The average molecular weight is 410 g/mol. The predicted molar refractivity (Wildman–Crippen MR) is 111 cm³/mol. The number of anilines is 1. The summed E-state index contributed by atoms with van der Waals surface area (Å²) in [5.41, 5.74) is 1.25. The van der Waals surface area contributed by atoms with Crippen molar-refractivity contribution in [3.63, 3.8) is 0 Å². The second kappa shape index (κ2) is 8.17. The Kier molecular flexibility index (Phi) is 5.46. The fourth-order valence-corrected chi connectivity index (χ4v) is 4.50. The third-order valence-corrected chi connectivity index (χ3v) is 6.43. The number of rotatable bonds is 7. The second-order valence-electron chi connectivity index (χ2n) is 6.69. The quantitative estimate of drug-likeness (QED) is 0.590. The molecular formula is C20H19N5OS2. The molecule has 0 spiro atoms. The monoisotopic (exact) mass is 409 g/mol. The van der Waals surface area contributed by atoms with Crippen LogP contribution in [0.15, 0.2) is 46.9 Å². The Labute approximate surface area is 171 Å². The summed E-state index contributed by atoms with van der Waals surface area (Å²) in [6, 6.07) is 13.5. The third-order valence-electron chi connectivity index (χ3n) is 4.49. The van der Waals surface area contributed by atoms with Gasteiger partial charge in [0, 0.05) is 23.0 Å². The second-order valence-corrected chi connectivity index (χ2v) is 9.03. The minimum absolute atomic E-state index is 0.0974. The van der Waals surface area contributed by atoms with Crippen LogP contribution in [-0.2, 0) is 11.2 Å². The van der Waals surface area contributed by atoms with Crippen molar-refractivity contribution < 1.29 is 4.79 Å². The lowest BCUT2D eigenvalue weighted by molar-refractivity contribution is -0.115. The summed E-state index contributed by atoms with van der Waals surface area (Å²) in [5, 5.41) is 23.1. The van der Waals surface area contributed by atoms with E-state index in [1.165, 1.54) is 16.6 Å². The summed E-state index contributed by atoms with van der Waals surface area (Å²) in [5.74, 6) is 0.868. The fraction of sp³-hybridized carbons (Fsp3) is 0.300. The van der Waals surface area contributed by atoms with E-state index in [2.05, 4.69) is 37.6 Å². The molecule has 0 saturated heterocycles. The van der Waals surface area contributed by atoms with Gasteiger partial charge < -0.3 is 9.88 Å². The number of nitriles is 1. The van der Waals surface area contributed by atoms with Crippen LogP contribution >= 0.6 is 23.1 Å². The van der Waals surface area contributed by atoms with Gasteiger partial charge in [-0.2, -0.15) is 5.26 Å². The van der Waals surface area contributed by atoms with Crippen LogP contribution in [0, 0.1) is 11.3 Å². The number of amides is 1. The van der Waals surface area contributed by atoms with Gasteiger partial charge in [-0.1, -0.05) is 17.8 Å². The number of benzene rings is 1. The number of hydrogen-bond acceptors (Lipinski definition) is 6. The molecule has 1 aliphatic rings. The zero-order chi connectivity index (χ0) is 19.5. The third kappa shape index (κ3) is 4.26. The van der Waals surface area contributed by atoms with Crippen molar-refractivity contribution in [3.8, 4) is 6.07 Å². The zero-order valence-electron chi connectivity index (χ0n) is 15.3. The number of nitrogens with one attached hydrogen (secondary N) is 1. The summed E-state index contributed by atoms with van der Waals surface area (Å²) < 4.78 is 2.20. The molecule has 6 nitrogen and oxygen atoms in total. The molecule has 3 aromatic rings. The number of thioether (sulfide) groups is 1. The fourth-order valence-electron chi connectivity index (χ4n) is 2.86. The molecular weight excluding hydrogens is 390 g/mol. The molecule has 0 bridgehead atoms. The average Bonchev–Trinajstić information content (AvgIpc) is 3.26. The van der Waals surface area contributed by atoms with Crippen molar-refractivity contribution in [1.82, 2.24) is 14.8 Å². The van der Waals surface area contributed by atoms with Crippen LogP contribution in [-0.4, -0.2) is 25.9 Å². The molecule has 2 heterocycles. The molecule has 1 atom stereocenters. The Bertz CT molecular complexity index is 1000. The highest BCUT2D eigenvalue weighted by atomic mass is 32.2. The first-order valence-corrected chi connectivity index (χ1v) is 10.8. The van der Waals surface area contributed by atoms with Crippen molar-refractivity contribution in [1.29, 1.82) is 5.26 Å². The highest BCUT2D eigenvalue weighted by Crippen LogP contribution is 2.40. The van der Waals surface area contributed by atoms with E-state index in [0.29, 0.717) is 17.3 Å². The van der Waals surface area contributed by atoms with Crippen LogP contribution in [0.2, 0.25) is 0 Å². The van der Waals surface area contributed by atoms with Gasteiger partial charge in [-0.3, -0.25) is 4.79 Å². The molecule has 0 aliphatic heterocycles. The van der Waals surface area contributed by atoms with Gasteiger partial charge in [-0.15, -0.1) is 21.5 Å². The normalized spacial score (nSPS) is 14.4. The van der Waals surface area contributed by atoms with Gasteiger partial charge in [-0.05, 0) is 55.5 Å². The molecule has 2 aromatic heterocycles. The highest BCUT2D eigenvalue weighted by molar-refractivity contribution is 8.00. The van der Waals surface area contributed by atoms with Crippen LogP contribution < -0.4 is 5.32 Å². The van der Waals surface area contributed by atoms with Gasteiger partial charge in [0.05, 0.1) is 16.9 Å². The van der Waals surface area contributed by atoms with Crippen LogP contribution in [0.3, 0.4) is 0 Å². The van der Waals surface area contributed by atoms with E-state index in [-0.39, 0.29) is 11.2 Å². The van der Waals surface area contributed by atoms with Crippen LogP contribution in [0.25, 0.3) is 0 Å². The van der Waals surface area contributed by atoms with Crippen molar-refractivity contribution >= 4 is 34.7 Å². The lowest BCUT2D eigenvalue weighted by Crippen LogP contribution is -2.23. The Hall–Kier alpha value is -2.63. The van der Waals surface area contributed by atoms with Crippen molar-refractivity contribution in [3.05, 3.63) is 58.0 Å². The molecule has 28 heavy (non-hydrogen) atoms. The molecule has 8 heteroatoms. The van der Waals surface area contributed by atoms with Crippen LogP contribution in [0.1, 0.15) is 42.1 Å². The predicted octanol–water partition coefficient (Wildman–Crippen LogP) is 4.26. The van der Waals surface area contributed by atoms with Crippen LogP contribution in [0.5, 0.6) is 0 Å². The molecule has 1 fully saturated rings. The first-order valence-electron chi connectivity index (χ1n) is 9.08. The van der Waals surface area contributed by atoms with E-state index in [9.17, 15) is 4.79 Å². The molecule has 0 radical (unpaired) electrons. The summed E-state index contributed by atoms with van der Waals surface area (Å²) >= 11 is 3.15. The minimum Gasteiger partial charge on any atom is -0.325 e. The first kappa shape index (κ1) is 18.7. The van der Waals surface area contributed by atoms with Gasteiger partial charge in [0.2, 0.25) is 5.91 Å². The minimum atomic E-state index is -0.313. The van der Waals surface area contributed by atoms with Gasteiger partial charge >= 0.3 is 0 Å². The van der Waals surface area contributed by atoms with E-state index >= 15 is 0 Å². The molecule has 1 saturated carbocycles. The van der Waals surface area contributed by atoms with Gasteiger partial charge in [-0.25, -0.2) is 0 Å². The van der Waals surface area contributed by atoms with Crippen molar-refractivity contribution in [2.24, 2.45) is 0 Å². The van der Waals surface area contributed by atoms with E-state index in [0.717, 1.165) is 30.2 Å². The molecule has 142 valence electrons. The topological polar surface area (TPSA) is 83.6 Å². The molecule has 4 rings (SSSR count). The van der Waals surface area contributed by atoms with Gasteiger partial charge in [0.15, 0.2) is 5.16 Å². The molecule has 1 N–H and O–H groups in total. The summed E-state index contributed by atoms with van der Waals surface area (Å²) in [6.45, 7) is 1.87. The number of aromatic nitrogens is 3. The SMILES string of the molecule is C[C@H](Sc1nnc(Cc2cccs2)n1C1CC1)C(=O)Nc1ccc(C#N)cc1. The Morgan fingerprint density at radius 1 is 1.36 bits per heavy atom. The standard InChI is InChI=1S/C20H19N5OS2/c1-13(19(26)22-15-6-4-14(12-21)5-7-15)28-20-24-23-18(25(20)16-8-9-16)11-17-3-2-10-27-17/h2-7,10,13,16H,8-9,11H2,1H3,(H,22,26)/t13-/m0/s1. The Morgan fingerprint density at radius 2 is 2.14 bits per heavy atom. The smallest absolute Gasteiger partial charge is 0.237 e. The van der Waals surface area contributed by atoms with E-state index < -0.39 is 0 Å². The molecule has 1 aliphatic carbocycles. The number of hydrogen-bond donors (Lipinski definition) is 1. The van der Waals surface area contributed by atoms with E-state index in [1.54, 1.807) is 35.6 Å². The van der Waals surface area contributed by atoms with Crippen LogP contribution in [0.4, 0.5) is 5.69 Å². The molecule has 1 aromatic carbocycles. The lowest BCUT2D eigenvalue weighted by Gasteiger charge is -2.13. The number of nitrogens with zero attached hydrogens (tertiary/aromatic N) is 4. The van der Waals surface area contributed by atoms with E-state index in [4.69, 9.17) is 5.26 Å². The maximum absolute atomic E-state index is 12.6. The molecule has 1 amide bonds. The van der Waals surface area contributed by atoms with Crippen molar-refractivity contribution in [2.45, 2.75) is 42.6 Å².